The fourth-order valence-corrected chi connectivity index (χ4v) is 1.94. The van der Waals surface area contributed by atoms with Crippen LogP contribution in [0.1, 0.15) is 31.7 Å². The summed E-state index contributed by atoms with van der Waals surface area (Å²) in [5, 5.41) is 6.46. The Hall–Kier alpha value is -0.980. The Labute approximate surface area is 138 Å². The van der Waals surface area contributed by atoms with Crippen LogP contribution in [0, 0.1) is 0 Å². The summed E-state index contributed by atoms with van der Waals surface area (Å²) in [5.74, 6) is 2.38. The summed E-state index contributed by atoms with van der Waals surface area (Å²) in [6, 6.07) is 8.32. The molecule has 0 fully saturated rings. The number of nitrogens with one attached hydrogen (secondary N) is 2. The second-order valence-corrected chi connectivity index (χ2v) is 5.01. The zero-order chi connectivity index (χ0) is 13.5. The average Bonchev–Trinajstić information content (AvgIpc) is 2.45. The molecule has 2 N–H and O–H groups in total. The van der Waals surface area contributed by atoms with Crippen molar-refractivity contribution in [3.8, 4) is 5.75 Å². The number of hydrogen-bond donors (Lipinski definition) is 2. The third kappa shape index (κ3) is 5.56. The molecule has 0 unspecified atom stereocenters. The van der Waals surface area contributed by atoms with Crippen molar-refractivity contribution in [1.29, 1.82) is 0 Å². The molecule has 1 aliphatic heterocycles. The minimum atomic E-state index is 0. The van der Waals surface area contributed by atoms with E-state index < -0.39 is 0 Å². The number of ether oxygens (including phenoxy) is 1. The molecule has 0 saturated heterocycles. The molecule has 4 nitrogen and oxygen atoms in total. The van der Waals surface area contributed by atoms with Crippen LogP contribution in [0.15, 0.2) is 29.3 Å². The number of hydrogen-bond acceptors (Lipinski definition) is 4. The molecule has 0 aliphatic carbocycles. The van der Waals surface area contributed by atoms with Crippen molar-refractivity contribution in [2.45, 2.75) is 26.2 Å². The molecule has 20 heavy (non-hydrogen) atoms. The molecule has 1 aromatic rings. The predicted molar refractivity (Wildman–Crippen MR) is 94.4 cm³/mol. The van der Waals surface area contributed by atoms with Gasteiger partial charge in [0.15, 0.2) is 5.96 Å². The van der Waals surface area contributed by atoms with Crippen LogP contribution in [0.2, 0.25) is 0 Å². The molecule has 112 valence electrons. The van der Waals surface area contributed by atoms with Gasteiger partial charge in [0.1, 0.15) is 12.4 Å². The quantitative estimate of drug-likeness (QED) is 0.602. The SMILES string of the molecule is CC(C)c1ccc(OCCNC2=NCCCN2)cc1.I. The maximum atomic E-state index is 5.69. The van der Waals surface area contributed by atoms with Gasteiger partial charge in [-0.25, -0.2) is 0 Å². The van der Waals surface area contributed by atoms with Crippen molar-refractivity contribution < 1.29 is 4.74 Å². The first-order chi connectivity index (χ1) is 9.25. The van der Waals surface area contributed by atoms with E-state index in [9.17, 15) is 0 Å². The zero-order valence-corrected chi connectivity index (χ0v) is 14.5. The fourth-order valence-electron chi connectivity index (χ4n) is 1.94. The third-order valence-corrected chi connectivity index (χ3v) is 3.11. The van der Waals surface area contributed by atoms with E-state index in [-0.39, 0.29) is 24.0 Å². The van der Waals surface area contributed by atoms with Crippen LogP contribution in [0.5, 0.6) is 5.75 Å². The molecule has 1 heterocycles. The van der Waals surface area contributed by atoms with Crippen LogP contribution < -0.4 is 15.4 Å². The molecule has 0 aromatic heterocycles. The number of nitrogens with zero attached hydrogens (tertiary/aromatic N) is 1. The van der Waals surface area contributed by atoms with Crippen LogP contribution in [0.25, 0.3) is 0 Å². The normalized spacial score (nSPS) is 14.1. The van der Waals surface area contributed by atoms with Crippen LogP contribution in [-0.2, 0) is 0 Å². The fraction of sp³-hybridized carbons (Fsp3) is 0.533. The van der Waals surface area contributed by atoms with E-state index >= 15 is 0 Å². The van der Waals surface area contributed by atoms with Crippen LogP contribution >= 0.6 is 24.0 Å². The number of guanidine groups is 1. The Morgan fingerprint density at radius 2 is 2.05 bits per heavy atom. The van der Waals surface area contributed by atoms with E-state index in [1.165, 1.54) is 5.56 Å². The van der Waals surface area contributed by atoms with E-state index in [4.69, 9.17) is 4.74 Å². The van der Waals surface area contributed by atoms with E-state index in [0.29, 0.717) is 12.5 Å². The van der Waals surface area contributed by atoms with Crippen molar-refractivity contribution in [2.75, 3.05) is 26.2 Å². The summed E-state index contributed by atoms with van der Waals surface area (Å²) in [4.78, 5) is 4.34. The Bertz CT molecular complexity index is 418. The van der Waals surface area contributed by atoms with Gasteiger partial charge >= 0.3 is 0 Å². The van der Waals surface area contributed by atoms with Gasteiger partial charge in [-0.2, -0.15) is 0 Å². The maximum absolute atomic E-state index is 5.69. The molecule has 0 saturated carbocycles. The Balaban J connectivity index is 0.00000200. The summed E-state index contributed by atoms with van der Waals surface area (Å²) in [7, 11) is 0. The molecule has 1 aromatic carbocycles. The maximum Gasteiger partial charge on any atom is 0.191 e. The summed E-state index contributed by atoms with van der Waals surface area (Å²) >= 11 is 0. The number of rotatable bonds is 5. The van der Waals surface area contributed by atoms with Crippen molar-refractivity contribution in [3.05, 3.63) is 29.8 Å². The van der Waals surface area contributed by atoms with E-state index in [1.54, 1.807) is 0 Å². The highest BCUT2D eigenvalue weighted by Crippen LogP contribution is 2.18. The van der Waals surface area contributed by atoms with Gasteiger partial charge in [0.05, 0.1) is 6.54 Å². The first kappa shape index (κ1) is 17.1. The summed E-state index contributed by atoms with van der Waals surface area (Å²) < 4.78 is 5.69. The van der Waals surface area contributed by atoms with Crippen molar-refractivity contribution in [1.82, 2.24) is 10.6 Å². The molecular weight excluding hydrogens is 365 g/mol. The van der Waals surface area contributed by atoms with E-state index in [1.807, 2.05) is 12.1 Å². The molecule has 0 radical (unpaired) electrons. The lowest BCUT2D eigenvalue weighted by atomic mass is 10.0. The molecule has 0 amide bonds. The Morgan fingerprint density at radius 3 is 2.65 bits per heavy atom. The van der Waals surface area contributed by atoms with Gasteiger partial charge in [0.25, 0.3) is 0 Å². The van der Waals surface area contributed by atoms with Gasteiger partial charge in [-0.1, -0.05) is 26.0 Å². The van der Waals surface area contributed by atoms with Gasteiger partial charge in [0.2, 0.25) is 0 Å². The largest absolute Gasteiger partial charge is 0.492 e. The summed E-state index contributed by atoms with van der Waals surface area (Å²) in [6.45, 7) is 7.70. The first-order valence-electron chi connectivity index (χ1n) is 7.00. The molecule has 2 rings (SSSR count). The molecule has 0 bridgehead atoms. The van der Waals surface area contributed by atoms with Crippen molar-refractivity contribution in [2.24, 2.45) is 4.99 Å². The molecule has 1 aliphatic rings. The minimum absolute atomic E-state index is 0. The lowest BCUT2D eigenvalue weighted by Gasteiger charge is -2.16. The lowest BCUT2D eigenvalue weighted by Crippen LogP contribution is -2.42. The van der Waals surface area contributed by atoms with Crippen LogP contribution in [0.3, 0.4) is 0 Å². The number of aliphatic imine (C=N–C) groups is 1. The Morgan fingerprint density at radius 1 is 1.30 bits per heavy atom. The highest BCUT2D eigenvalue weighted by molar-refractivity contribution is 14.0. The number of halogens is 1. The molecule has 0 spiro atoms. The monoisotopic (exact) mass is 389 g/mol. The first-order valence-corrected chi connectivity index (χ1v) is 7.00. The van der Waals surface area contributed by atoms with Gasteiger partial charge in [-0.05, 0) is 30.0 Å². The number of benzene rings is 1. The van der Waals surface area contributed by atoms with Gasteiger partial charge < -0.3 is 15.4 Å². The molecular formula is C15H24IN3O. The van der Waals surface area contributed by atoms with Crippen LogP contribution in [-0.4, -0.2) is 32.2 Å². The van der Waals surface area contributed by atoms with E-state index in [0.717, 1.165) is 37.8 Å². The van der Waals surface area contributed by atoms with Gasteiger partial charge in [-0.3, -0.25) is 4.99 Å². The third-order valence-electron chi connectivity index (χ3n) is 3.11. The van der Waals surface area contributed by atoms with Crippen molar-refractivity contribution in [3.63, 3.8) is 0 Å². The van der Waals surface area contributed by atoms with E-state index in [2.05, 4.69) is 41.6 Å². The average molecular weight is 389 g/mol. The van der Waals surface area contributed by atoms with Gasteiger partial charge in [-0.15, -0.1) is 24.0 Å². The molecule has 0 atom stereocenters. The Kier molecular flexibility index (Phi) is 7.72. The second kappa shape index (κ2) is 9.05. The summed E-state index contributed by atoms with van der Waals surface area (Å²) in [5.41, 5.74) is 1.34. The molecule has 5 heteroatoms. The lowest BCUT2D eigenvalue weighted by molar-refractivity contribution is 0.321. The van der Waals surface area contributed by atoms with Gasteiger partial charge in [0, 0.05) is 13.1 Å². The highest BCUT2D eigenvalue weighted by atomic mass is 127. The van der Waals surface area contributed by atoms with Crippen molar-refractivity contribution >= 4 is 29.9 Å². The summed E-state index contributed by atoms with van der Waals surface area (Å²) in [6.07, 6.45) is 1.11. The zero-order valence-electron chi connectivity index (χ0n) is 12.2. The predicted octanol–water partition coefficient (Wildman–Crippen LogP) is 2.75. The standard InChI is InChI=1S/C15H23N3O.HI/c1-12(2)13-4-6-14(7-5-13)19-11-10-18-15-16-8-3-9-17-15;/h4-7,12H,3,8-11H2,1-2H3,(H2,16,17,18);1H. The highest BCUT2D eigenvalue weighted by Gasteiger charge is 2.02. The topological polar surface area (TPSA) is 45.6 Å². The minimum Gasteiger partial charge on any atom is -0.492 e. The van der Waals surface area contributed by atoms with Crippen LogP contribution in [0.4, 0.5) is 0 Å². The smallest absolute Gasteiger partial charge is 0.191 e. The second-order valence-electron chi connectivity index (χ2n) is 5.01.